The van der Waals surface area contributed by atoms with Crippen LogP contribution in [-0.2, 0) is 13.1 Å². The molecule has 0 unspecified atom stereocenters. The largest absolute Gasteiger partial charge is 0.361 e. The number of benzene rings is 1. The van der Waals surface area contributed by atoms with Crippen molar-refractivity contribution >= 4 is 0 Å². The van der Waals surface area contributed by atoms with Crippen molar-refractivity contribution < 1.29 is 13.4 Å². The van der Waals surface area contributed by atoms with E-state index in [2.05, 4.69) is 25.1 Å². The van der Waals surface area contributed by atoms with Gasteiger partial charge < -0.3 is 9.05 Å². The fourth-order valence-electron chi connectivity index (χ4n) is 3.05. The van der Waals surface area contributed by atoms with Crippen LogP contribution in [0.15, 0.2) is 39.4 Å². The van der Waals surface area contributed by atoms with E-state index in [9.17, 15) is 4.39 Å². The topological polar surface area (TPSA) is 71.4 Å². The number of rotatable bonds is 5. The van der Waals surface area contributed by atoms with Gasteiger partial charge >= 0.3 is 0 Å². The summed E-state index contributed by atoms with van der Waals surface area (Å²) in [5, 5.41) is 8.04. The lowest BCUT2D eigenvalue weighted by Crippen LogP contribution is -2.45. The smallest absolute Gasteiger partial charge is 0.241 e. The molecule has 1 saturated heterocycles. The number of aromatic nitrogens is 3. The van der Waals surface area contributed by atoms with Crippen molar-refractivity contribution in [3.05, 3.63) is 53.5 Å². The maximum atomic E-state index is 13.0. The third-order valence-corrected chi connectivity index (χ3v) is 4.46. The van der Waals surface area contributed by atoms with Crippen molar-refractivity contribution in [3.63, 3.8) is 0 Å². The highest BCUT2D eigenvalue weighted by Gasteiger charge is 2.20. The quantitative estimate of drug-likeness (QED) is 0.695. The van der Waals surface area contributed by atoms with E-state index in [1.54, 1.807) is 12.1 Å². The predicted molar refractivity (Wildman–Crippen MR) is 91.5 cm³/mol. The summed E-state index contributed by atoms with van der Waals surface area (Å²) < 4.78 is 23.5. The number of aryl methyl sites for hydroxylation is 1. The van der Waals surface area contributed by atoms with Crippen LogP contribution in [0, 0.1) is 12.7 Å². The van der Waals surface area contributed by atoms with Crippen molar-refractivity contribution in [3.8, 4) is 11.4 Å². The molecule has 1 aliphatic rings. The summed E-state index contributed by atoms with van der Waals surface area (Å²) in [5.74, 6) is 1.62. The maximum Gasteiger partial charge on any atom is 0.241 e. The van der Waals surface area contributed by atoms with Gasteiger partial charge in [0.1, 0.15) is 11.6 Å². The Balaban J connectivity index is 1.30. The molecular formula is C18H20FN5O2. The monoisotopic (exact) mass is 357 g/mol. The zero-order valence-electron chi connectivity index (χ0n) is 14.6. The molecule has 4 rings (SSSR count). The molecule has 0 bridgehead atoms. The van der Waals surface area contributed by atoms with Crippen molar-refractivity contribution in [1.29, 1.82) is 0 Å². The lowest BCUT2D eigenvalue weighted by molar-refractivity contribution is 0.110. The second kappa shape index (κ2) is 7.35. The van der Waals surface area contributed by atoms with E-state index in [1.807, 2.05) is 13.0 Å². The molecule has 8 heteroatoms. The Morgan fingerprint density at radius 3 is 2.31 bits per heavy atom. The van der Waals surface area contributed by atoms with E-state index >= 15 is 0 Å². The van der Waals surface area contributed by atoms with Gasteiger partial charge in [0.15, 0.2) is 0 Å². The molecule has 1 fully saturated rings. The second-order valence-corrected chi connectivity index (χ2v) is 6.50. The minimum absolute atomic E-state index is 0.281. The lowest BCUT2D eigenvalue weighted by atomic mass is 10.2. The standard InChI is InChI=1S/C18H20FN5O2/c1-13-10-16(21-25-13)11-23-6-8-24(9-7-23)12-17-20-18(22-26-17)14-2-4-15(19)5-3-14/h2-5,10H,6-9,11-12H2,1H3. The van der Waals surface area contributed by atoms with Crippen LogP contribution in [0.4, 0.5) is 4.39 Å². The van der Waals surface area contributed by atoms with E-state index in [0.717, 1.165) is 49.7 Å². The van der Waals surface area contributed by atoms with E-state index in [-0.39, 0.29) is 5.82 Å². The molecule has 0 atom stereocenters. The summed E-state index contributed by atoms with van der Waals surface area (Å²) in [7, 11) is 0. The molecule has 0 radical (unpaired) electrons. The third-order valence-electron chi connectivity index (χ3n) is 4.46. The summed E-state index contributed by atoms with van der Waals surface area (Å²) in [4.78, 5) is 9.05. The Kier molecular flexibility index (Phi) is 4.77. The van der Waals surface area contributed by atoms with Gasteiger partial charge in [0, 0.05) is 44.4 Å². The van der Waals surface area contributed by atoms with Crippen LogP contribution in [-0.4, -0.2) is 51.3 Å². The molecule has 0 aliphatic carbocycles. The van der Waals surface area contributed by atoms with E-state index in [0.29, 0.717) is 18.3 Å². The number of hydrogen-bond donors (Lipinski definition) is 0. The first kappa shape index (κ1) is 16.9. The third kappa shape index (κ3) is 3.97. The highest BCUT2D eigenvalue weighted by atomic mass is 19.1. The van der Waals surface area contributed by atoms with Crippen LogP contribution in [0.5, 0.6) is 0 Å². The molecule has 0 amide bonds. The van der Waals surface area contributed by atoms with Gasteiger partial charge in [-0.15, -0.1) is 0 Å². The normalized spacial score (nSPS) is 16.2. The van der Waals surface area contributed by atoms with Gasteiger partial charge in [0.05, 0.1) is 12.2 Å². The first-order valence-electron chi connectivity index (χ1n) is 8.61. The van der Waals surface area contributed by atoms with E-state index < -0.39 is 0 Å². The van der Waals surface area contributed by atoms with Crippen LogP contribution >= 0.6 is 0 Å². The molecule has 3 aromatic rings. The highest BCUT2D eigenvalue weighted by molar-refractivity contribution is 5.53. The van der Waals surface area contributed by atoms with Gasteiger partial charge in [-0.2, -0.15) is 4.98 Å². The second-order valence-electron chi connectivity index (χ2n) is 6.50. The Labute approximate surface area is 150 Å². The molecule has 3 heterocycles. The molecule has 0 spiro atoms. The van der Waals surface area contributed by atoms with Gasteiger partial charge in [-0.1, -0.05) is 10.3 Å². The van der Waals surface area contributed by atoms with Crippen LogP contribution in [0.1, 0.15) is 17.3 Å². The van der Waals surface area contributed by atoms with Crippen molar-refractivity contribution in [1.82, 2.24) is 25.1 Å². The summed E-state index contributed by atoms with van der Waals surface area (Å²) in [6.45, 7) is 7.07. The number of halogens is 1. The maximum absolute atomic E-state index is 13.0. The SMILES string of the molecule is Cc1cc(CN2CCN(Cc3nc(-c4ccc(F)cc4)no3)CC2)no1. The molecule has 26 heavy (non-hydrogen) atoms. The zero-order valence-corrected chi connectivity index (χ0v) is 14.6. The minimum Gasteiger partial charge on any atom is -0.361 e. The molecule has 0 saturated carbocycles. The van der Waals surface area contributed by atoms with Gasteiger partial charge in [0.25, 0.3) is 0 Å². The van der Waals surface area contributed by atoms with Crippen LogP contribution in [0.25, 0.3) is 11.4 Å². The highest BCUT2D eigenvalue weighted by Crippen LogP contribution is 2.17. The van der Waals surface area contributed by atoms with Crippen LogP contribution in [0.3, 0.4) is 0 Å². The lowest BCUT2D eigenvalue weighted by Gasteiger charge is -2.33. The summed E-state index contributed by atoms with van der Waals surface area (Å²) in [6, 6.07) is 8.05. The number of nitrogens with zero attached hydrogens (tertiary/aromatic N) is 5. The van der Waals surface area contributed by atoms with Crippen LogP contribution in [0.2, 0.25) is 0 Å². The fraction of sp³-hybridized carbons (Fsp3) is 0.389. The zero-order chi connectivity index (χ0) is 17.9. The van der Waals surface area contributed by atoms with Gasteiger partial charge in [-0.05, 0) is 31.2 Å². The predicted octanol–water partition coefficient (Wildman–Crippen LogP) is 2.49. The van der Waals surface area contributed by atoms with Gasteiger partial charge in [-0.3, -0.25) is 9.80 Å². The first-order chi connectivity index (χ1) is 12.7. The number of hydrogen-bond acceptors (Lipinski definition) is 7. The molecule has 0 N–H and O–H groups in total. The van der Waals surface area contributed by atoms with Crippen molar-refractivity contribution in [2.45, 2.75) is 20.0 Å². The van der Waals surface area contributed by atoms with E-state index in [4.69, 9.17) is 9.05 Å². The number of piperazine rings is 1. The fourth-order valence-corrected chi connectivity index (χ4v) is 3.05. The molecule has 7 nitrogen and oxygen atoms in total. The van der Waals surface area contributed by atoms with Crippen molar-refractivity contribution in [2.24, 2.45) is 0 Å². The van der Waals surface area contributed by atoms with E-state index in [1.165, 1.54) is 12.1 Å². The Bertz CT molecular complexity index is 853. The molecule has 2 aromatic heterocycles. The molecule has 136 valence electrons. The van der Waals surface area contributed by atoms with Crippen LogP contribution < -0.4 is 0 Å². The summed E-state index contributed by atoms with van der Waals surface area (Å²) in [5.41, 5.74) is 1.71. The average Bonchev–Trinajstić information content (AvgIpc) is 3.26. The van der Waals surface area contributed by atoms with Gasteiger partial charge in [-0.25, -0.2) is 4.39 Å². The van der Waals surface area contributed by atoms with Crippen molar-refractivity contribution in [2.75, 3.05) is 26.2 Å². The first-order valence-corrected chi connectivity index (χ1v) is 8.61. The molecule has 1 aliphatic heterocycles. The Morgan fingerprint density at radius 2 is 1.65 bits per heavy atom. The minimum atomic E-state index is -0.281. The molecule has 1 aromatic carbocycles. The Morgan fingerprint density at radius 1 is 0.962 bits per heavy atom. The molecular weight excluding hydrogens is 337 g/mol. The summed E-state index contributed by atoms with van der Waals surface area (Å²) in [6.07, 6.45) is 0. The van der Waals surface area contributed by atoms with Gasteiger partial charge in [0.2, 0.25) is 11.7 Å². The summed E-state index contributed by atoms with van der Waals surface area (Å²) >= 11 is 0. The average molecular weight is 357 g/mol. The Hall–Kier alpha value is -2.58.